The lowest BCUT2D eigenvalue weighted by atomic mass is 10.2. The van der Waals surface area contributed by atoms with Crippen molar-refractivity contribution >= 4 is 28.7 Å². The van der Waals surface area contributed by atoms with Gasteiger partial charge in [0.15, 0.2) is 5.16 Å². The Morgan fingerprint density at radius 3 is 2.64 bits per heavy atom. The van der Waals surface area contributed by atoms with Crippen molar-refractivity contribution in [2.75, 3.05) is 5.75 Å². The van der Waals surface area contributed by atoms with E-state index in [9.17, 15) is 9.18 Å². The second-order valence-corrected chi connectivity index (χ2v) is 7.05. The van der Waals surface area contributed by atoms with Gasteiger partial charge in [0.25, 0.3) is 0 Å². The van der Waals surface area contributed by atoms with Crippen LogP contribution in [-0.2, 0) is 11.3 Å². The number of thioether (sulfide) groups is 1. The fourth-order valence-corrected chi connectivity index (χ4v) is 3.41. The molecule has 1 amide bonds. The maximum atomic E-state index is 13.1. The maximum absolute atomic E-state index is 13.1. The molecule has 3 aromatic rings. The molecule has 6 heteroatoms. The van der Waals surface area contributed by atoms with Gasteiger partial charge in [0.2, 0.25) is 5.91 Å². The fraction of sp³-hybridized carbons (Fsp3) is 0.263. The molecule has 2 aromatic carbocycles. The van der Waals surface area contributed by atoms with E-state index in [4.69, 9.17) is 0 Å². The number of amides is 1. The molecule has 3 rings (SSSR count). The highest BCUT2D eigenvalue weighted by Crippen LogP contribution is 2.25. The Morgan fingerprint density at radius 1 is 1.20 bits per heavy atom. The summed E-state index contributed by atoms with van der Waals surface area (Å²) in [5.41, 5.74) is 2.87. The van der Waals surface area contributed by atoms with E-state index in [1.54, 1.807) is 12.1 Å². The van der Waals surface area contributed by atoms with Crippen LogP contribution in [0.2, 0.25) is 0 Å². The SMILES string of the molecule is CC(C)NC(=O)CSc1nc2ccccc2n1Cc1ccc(F)cc1. The number of imidazole rings is 1. The van der Waals surface area contributed by atoms with Crippen molar-refractivity contribution in [1.29, 1.82) is 0 Å². The van der Waals surface area contributed by atoms with Crippen molar-refractivity contribution < 1.29 is 9.18 Å². The summed E-state index contributed by atoms with van der Waals surface area (Å²) < 4.78 is 15.2. The van der Waals surface area contributed by atoms with E-state index >= 15 is 0 Å². The first-order valence-electron chi connectivity index (χ1n) is 8.15. The molecule has 0 bridgehead atoms. The quantitative estimate of drug-likeness (QED) is 0.682. The standard InChI is InChI=1S/C19H20FN3OS/c1-13(2)21-18(24)12-25-19-22-16-5-3-4-6-17(16)23(19)11-14-7-9-15(20)10-8-14/h3-10,13H,11-12H2,1-2H3,(H,21,24). The Bertz CT molecular complexity index is 874. The summed E-state index contributed by atoms with van der Waals surface area (Å²) in [6.45, 7) is 4.45. The van der Waals surface area contributed by atoms with E-state index < -0.39 is 0 Å². The molecule has 0 fully saturated rings. The summed E-state index contributed by atoms with van der Waals surface area (Å²) in [5, 5.41) is 3.67. The number of nitrogens with one attached hydrogen (secondary N) is 1. The molecule has 0 saturated heterocycles. The first-order chi connectivity index (χ1) is 12.0. The molecule has 1 N–H and O–H groups in total. The van der Waals surface area contributed by atoms with Crippen molar-refractivity contribution in [3.8, 4) is 0 Å². The van der Waals surface area contributed by atoms with Crippen LogP contribution in [0.5, 0.6) is 0 Å². The second kappa shape index (κ2) is 7.70. The van der Waals surface area contributed by atoms with Gasteiger partial charge in [-0.1, -0.05) is 36.0 Å². The van der Waals surface area contributed by atoms with E-state index in [1.165, 1.54) is 23.9 Å². The zero-order chi connectivity index (χ0) is 17.8. The molecule has 0 aliphatic carbocycles. The van der Waals surface area contributed by atoms with Gasteiger partial charge in [0.1, 0.15) is 5.82 Å². The summed E-state index contributed by atoms with van der Waals surface area (Å²) in [5.74, 6) is 0.0462. The number of halogens is 1. The molecule has 0 spiro atoms. The predicted octanol–water partition coefficient (Wildman–Crippen LogP) is 3.84. The number of aromatic nitrogens is 2. The van der Waals surface area contributed by atoms with Crippen molar-refractivity contribution in [3.05, 3.63) is 59.9 Å². The maximum Gasteiger partial charge on any atom is 0.230 e. The average molecular weight is 357 g/mol. The first kappa shape index (κ1) is 17.5. The van der Waals surface area contributed by atoms with Crippen molar-refractivity contribution in [2.24, 2.45) is 0 Å². The van der Waals surface area contributed by atoms with Crippen LogP contribution in [0, 0.1) is 5.82 Å². The fourth-order valence-electron chi connectivity index (χ4n) is 2.58. The minimum atomic E-state index is -0.251. The Balaban J connectivity index is 1.86. The van der Waals surface area contributed by atoms with Crippen LogP contribution in [-0.4, -0.2) is 27.3 Å². The van der Waals surface area contributed by atoms with Crippen molar-refractivity contribution in [2.45, 2.75) is 31.6 Å². The van der Waals surface area contributed by atoms with Crippen LogP contribution in [0.25, 0.3) is 11.0 Å². The zero-order valence-electron chi connectivity index (χ0n) is 14.2. The highest BCUT2D eigenvalue weighted by Gasteiger charge is 2.13. The monoisotopic (exact) mass is 357 g/mol. The third-order valence-corrected chi connectivity index (χ3v) is 4.63. The van der Waals surface area contributed by atoms with Crippen LogP contribution in [0.15, 0.2) is 53.7 Å². The molecule has 1 heterocycles. The van der Waals surface area contributed by atoms with Crippen LogP contribution in [0.1, 0.15) is 19.4 Å². The molecule has 0 aliphatic rings. The number of benzene rings is 2. The van der Waals surface area contributed by atoms with E-state index in [-0.39, 0.29) is 17.8 Å². The number of nitrogens with zero attached hydrogens (tertiary/aromatic N) is 2. The highest BCUT2D eigenvalue weighted by atomic mass is 32.2. The number of hydrogen-bond acceptors (Lipinski definition) is 3. The van der Waals surface area contributed by atoms with E-state index in [0.717, 1.165) is 21.8 Å². The van der Waals surface area contributed by atoms with Crippen LogP contribution in [0.4, 0.5) is 4.39 Å². The number of rotatable bonds is 6. The average Bonchev–Trinajstić information content (AvgIpc) is 2.92. The van der Waals surface area contributed by atoms with Crippen molar-refractivity contribution in [3.63, 3.8) is 0 Å². The lowest BCUT2D eigenvalue weighted by Crippen LogP contribution is -2.31. The summed E-state index contributed by atoms with van der Waals surface area (Å²) in [6, 6.07) is 14.4. The van der Waals surface area contributed by atoms with E-state index in [1.807, 2.05) is 38.1 Å². The number of carbonyl (C=O) groups excluding carboxylic acids is 1. The van der Waals surface area contributed by atoms with Crippen LogP contribution < -0.4 is 5.32 Å². The first-order valence-corrected chi connectivity index (χ1v) is 9.13. The third-order valence-electron chi connectivity index (χ3n) is 3.66. The molecule has 0 aliphatic heterocycles. The second-order valence-electron chi connectivity index (χ2n) is 6.11. The number of para-hydroxylation sites is 2. The Hall–Kier alpha value is -2.34. The minimum absolute atomic E-state index is 0.0135. The lowest BCUT2D eigenvalue weighted by molar-refractivity contribution is -0.119. The minimum Gasteiger partial charge on any atom is -0.353 e. The van der Waals surface area contributed by atoms with Gasteiger partial charge in [-0.05, 0) is 43.7 Å². The summed E-state index contributed by atoms with van der Waals surface area (Å²) in [4.78, 5) is 16.6. The van der Waals surface area contributed by atoms with Gasteiger partial charge in [-0.15, -0.1) is 0 Å². The van der Waals surface area contributed by atoms with E-state index in [2.05, 4.69) is 14.9 Å². The highest BCUT2D eigenvalue weighted by molar-refractivity contribution is 7.99. The third kappa shape index (κ3) is 4.39. The number of fused-ring (bicyclic) bond motifs is 1. The summed E-state index contributed by atoms with van der Waals surface area (Å²) in [6.07, 6.45) is 0. The molecule has 0 unspecified atom stereocenters. The zero-order valence-corrected chi connectivity index (χ0v) is 15.0. The topological polar surface area (TPSA) is 46.9 Å². The molecule has 0 saturated carbocycles. The molecule has 0 radical (unpaired) electrons. The van der Waals surface area contributed by atoms with E-state index in [0.29, 0.717) is 12.3 Å². The lowest BCUT2D eigenvalue weighted by Gasteiger charge is -2.10. The van der Waals surface area contributed by atoms with Gasteiger partial charge in [-0.2, -0.15) is 0 Å². The van der Waals surface area contributed by atoms with Crippen molar-refractivity contribution in [1.82, 2.24) is 14.9 Å². The predicted molar refractivity (Wildman–Crippen MR) is 99.2 cm³/mol. The number of hydrogen-bond donors (Lipinski definition) is 1. The van der Waals surface area contributed by atoms with Gasteiger partial charge < -0.3 is 9.88 Å². The molecule has 4 nitrogen and oxygen atoms in total. The Labute approximate surface area is 150 Å². The largest absolute Gasteiger partial charge is 0.353 e. The van der Waals surface area contributed by atoms with Gasteiger partial charge in [0.05, 0.1) is 23.3 Å². The normalized spacial score (nSPS) is 11.2. The Kier molecular flexibility index (Phi) is 5.38. The molecular formula is C19H20FN3OS. The van der Waals surface area contributed by atoms with Crippen LogP contribution in [0.3, 0.4) is 0 Å². The smallest absolute Gasteiger partial charge is 0.230 e. The Morgan fingerprint density at radius 2 is 1.92 bits per heavy atom. The van der Waals surface area contributed by atoms with Gasteiger partial charge in [-0.3, -0.25) is 4.79 Å². The number of carbonyl (C=O) groups is 1. The summed E-state index contributed by atoms with van der Waals surface area (Å²) >= 11 is 1.41. The molecule has 1 aromatic heterocycles. The molecule has 130 valence electrons. The molecule has 0 atom stereocenters. The van der Waals surface area contributed by atoms with Crippen LogP contribution >= 0.6 is 11.8 Å². The summed E-state index contributed by atoms with van der Waals surface area (Å²) in [7, 11) is 0. The van der Waals surface area contributed by atoms with Gasteiger partial charge >= 0.3 is 0 Å². The van der Waals surface area contributed by atoms with Gasteiger partial charge in [-0.25, -0.2) is 9.37 Å². The molecule has 25 heavy (non-hydrogen) atoms. The van der Waals surface area contributed by atoms with Gasteiger partial charge in [0, 0.05) is 6.04 Å². The molecular weight excluding hydrogens is 337 g/mol.